The number of carbonyl (C=O) groups excluding carboxylic acids is 1. The molecule has 1 aromatic heterocycles. The van der Waals surface area contributed by atoms with Crippen molar-refractivity contribution in [3.63, 3.8) is 0 Å². The molecule has 0 spiro atoms. The maximum absolute atomic E-state index is 13.5. The number of rotatable bonds is 6. The van der Waals surface area contributed by atoms with Crippen LogP contribution in [0.4, 0.5) is 5.82 Å². The number of nitrogens with one attached hydrogen (secondary N) is 1. The van der Waals surface area contributed by atoms with Crippen LogP contribution in [0.5, 0.6) is 0 Å². The quantitative estimate of drug-likeness (QED) is 0.632. The van der Waals surface area contributed by atoms with Gasteiger partial charge in [-0.05, 0) is 30.0 Å². The van der Waals surface area contributed by atoms with Crippen molar-refractivity contribution in [2.24, 2.45) is 0 Å². The molecule has 1 aliphatic carbocycles. The zero-order valence-electron chi connectivity index (χ0n) is 19.0. The number of carbonyl (C=O) groups is 1. The van der Waals surface area contributed by atoms with Crippen LogP contribution in [-0.4, -0.2) is 64.6 Å². The topological polar surface area (TPSA) is 81.6 Å². The molecule has 172 valence electrons. The number of fused-ring (bicyclic) bond motifs is 1. The van der Waals surface area contributed by atoms with Gasteiger partial charge in [-0.25, -0.2) is 9.97 Å². The molecule has 3 atom stereocenters. The van der Waals surface area contributed by atoms with E-state index in [1.54, 1.807) is 6.33 Å². The lowest BCUT2D eigenvalue weighted by atomic mass is 9.96. The largest absolute Gasteiger partial charge is 0.387 e. The van der Waals surface area contributed by atoms with Crippen LogP contribution < -0.4 is 10.2 Å². The number of nitrogens with zero attached hydrogens (tertiary/aromatic N) is 4. The number of aliphatic hydroxyl groups excluding tert-OH is 1. The highest BCUT2D eigenvalue weighted by molar-refractivity contribution is 9.10. The lowest BCUT2D eigenvalue weighted by Crippen LogP contribution is -2.51. The molecule has 0 radical (unpaired) electrons. The molecule has 2 aromatic rings. The van der Waals surface area contributed by atoms with E-state index < -0.39 is 6.10 Å². The van der Waals surface area contributed by atoms with Crippen LogP contribution in [0.1, 0.15) is 62.0 Å². The van der Waals surface area contributed by atoms with Crippen molar-refractivity contribution in [1.82, 2.24) is 20.2 Å². The van der Waals surface area contributed by atoms with Crippen molar-refractivity contribution >= 4 is 27.7 Å². The SMILES string of the molecule is CC(C)NCC(C(=O)N1CCN(c2ncnc3c2[C@H](C)C[C@H]3O)CC1)c1ccc(Br)cc1. The number of halogens is 1. The molecule has 1 aliphatic heterocycles. The van der Waals surface area contributed by atoms with E-state index in [2.05, 4.69) is 56.9 Å². The predicted molar refractivity (Wildman–Crippen MR) is 129 cm³/mol. The monoisotopic (exact) mass is 501 g/mol. The maximum atomic E-state index is 13.5. The molecule has 32 heavy (non-hydrogen) atoms. The highest BCUT2D eigenvalue weighted by Gasteiger charge is 2.35. The van der Waals surface area contributed by atoms with Crippen molar-refractivity contribution < 1.29 is 9.90 Å². The molecule has 2 aliphatic rings. The second-order valence-corrected chi connectivity index (χ2v) is 10.0. The third-order valence-corrected chi connectivity index (χ3v) is 7.00. The number of hydrogen-bond acceptors (Lipinski definition) is 6. The molecule has 8 heteroatoms. The summed E-state index contributed by atoms with van der Waals surface area (Å²) in [5, 5.41) is 13.7. The van der Waals surface area contributed by atoms with Crippen molar-refractivity contribution in [3.05, 3.63) is 51.9 Å². The summed E-state index contributed by atoms with van der Waals surface area (Å²) >= 11 is 3.49. The third kappa shape index (κ3) is 4.82. The Balaban J connectivity index is 1.47. The van der Waals surface area contributed by atoms with Crippen LogP contribution in [0.3, 0.4) is 0 Å². The van der Waals surface area contributed by atoms with Crippen LogP contribution in [0.15, 0.2) is 35.1 Å². The second-order valence-electron chi connectivity index (χ2n) is 9.13. The summed E-state index contributed by atoms with van der Waals surface area (Å²) in [7, 11) is 0. The van der Waals surface area contributed by atoms with Crippen LogP contribution in [-0.2, 0) is 4.79 Å². The molecule has 2 N–H and O–H groups in total. The average Bonchev–Trinajstić information content (AvgIpc) is 3.08. The first-order valence-electron chi connectivity index (χ1n) is 11.4. The van der Waals surface area contributed by atoms with E-state index in [0.717, 1.165) is 40.2 Å². The van der Waals surface area contributed by atoms with Gasteiger partial charge in [0, 0.05) is 48.8 Å². The van der Waals surface area contributed by atoms with Crippen LogP contribution in [0.25, 0.3) is 0 Å². The number of benzene rings is 1. The summed E-state index contributed by atoms with van der Waals surface area (Å²) in [4.78, 5) is 26.6. The molecule has 1 saturated heterocycles. The van der Waals surface area contributed by atoms with Gasteiger partial charge in [0.1, 0.15) is 12.1 Å². The first-order chi connectivity index (χ1) is 15.3. The van der Waals surface area contributed by atoms with Crippen molar-refractivity contribution in [2.75, 3.05) is 37.6 Å². The first kappa shape index (κ1) is 23.1. The molecule has 0 bridgehead atoms. The van der Waals surface area contributed by atoms with E-state index in [-0.39, 0.29) is 17.7 Å². The Morgan fingerprint density at radius 2 is 1.88 bits per heavy atom. The lowest BCUT2D eigenvalue weighted by molar-refractivity contribution is -0.133. The zero-order valence-corrected chi connectivity index (χ0v) is 20.5. The number of hydrogen-bond donors (Lipinski definition) is 2. The fourth-order valence-electron chi connectivity index (χ4n) is 4.71. The van der Waals surface area contributed by atoms with Crippen molar-refractivity contribution in [3.8, 4) is 0 Å². The van der Waals surface area contributed by atoms with Gasteiger partial charge in [-0.15, -0.1) is 0 Å². The van der Waals surface area contributed by atoms with E-state index in [0.29, 0.717) is 32.1 Å². The van der Waals surface area contributed by atoms with Crippen molar-refractivity contribution in [2.45, 2.75) is 51.2 Å². The number of aromatic nitrogens is 2. The summed E-state index contributed by atoms with van der Waals surface area (Å²) in [5.41, 5.74) is 2.86. The average molecular weight is 502 g/mol. The number of piperazine rings is 1. The van der Waals surface area contributed by atoms with Gasteiger partial charge in [-0.1, -0.05) is 48.8 Å². The molecule has 0 saturated carbocycles. The fourth-order valence-corrected chi connectivity index (χ4v) is 4.97. The summed E-state index contributed by atoms with van der Waals surface area (Å²) in [6, 6.07) is 8.36. The molecular formula is C24H32BrN5O2. The van der Waals surface area contributed by atoms with E-state index in [4.69, 9.17) is 0 Å². The lowest BCUT2D eigenvalue weighted by Gasteiger charge is -2.38. The normalized spacial score (nSPS) is 21.7. The van der Waals surface area contributed by atoms with Gasteiger partial charge < -0.3 is 20.2 Å². The highest BCUT2D eigenvalue weighted by atomic mass is 79.9. The maximum Gasteiger partial charge on any atom is 0.231 e. The van der Waals surface area contributed by atoms with Crippen LogP contribution >= 0.6 is 15.9 Å². The van der Waals surface area contributed by atoms with Crippen molar-refractivity contribution in [1.29, 1.82) is 0 Å². The van der Waals surface area contributed by atoms with Gasteiger partial charge in [-0.2, -0.15) is 0 Å². The summed E-state index contributed by atoms with van der Waals surface area (Å²) in [6.07, 6.45) is 1.73. The number of amides is 1. The van der Waals surface area contributed by atoms with Gasteiger partial charge in [0.15, 0.2) is 0 Å². The number of anilines is 1. The minimum Gasteiger partial charge on any atom is -0.387 e. The molecule has 4 rings (SSSR count). The first-order valence-corrected chi connectivity index (χ1v) is 12.2. The Bertz CT molecular complexity index is 944. The second kappa shape index (κ2) is 9.85. The molecule has 1 aromatic carbocycles. The van der Waals surface area contributed by atoms with Gasteiger partial charge >= 0.3 is 0 Å². The fraction of sp³-hybridized carbons (Fsp3) is 0.542. The van der Waals surface area contributed by atoms with Gasteiger partial charge in [0.25, 0.3) is 0 Å². The third-order valence-electron chi connectivity index (χ3n) is 6.47. The Labute approximate surface area is 198 Å². The van der Waals surface area contributed by atoms with Gasteiger partial charge in [0.05, 0.1) is 17.7 Å². The molecular weight excluding hydrogens is 470 g/mol. The van der Waals surface area contributed by atoms with Gasteiger partial charge in [0.2, 0.25) is 5.91 Å². The summed E-state index contributed by atoms with van der Waals surface area (Å²) < 4.78 is 1.01. The number of aliphatic hydroxyl groups is 1. The van der Waals surface area contributed by atoms with E-state index >= 15 is 0 Å². The minimum absolute atomic E-state index is 0.164. The molecule has 1 fully saturated rings. The van der Waals surface area contributed by atoms with E-state index in [1.165, 1.54) is 0 Å². The smallest absolute Gasteiger partial charge is 0.231 e. The zero-order chi connectivity index (χ0) is 22.8. The molecule has 7 nitrogen and oxygen atoms in total. The Kier molecular flexibility index (Phi) is 7.12. The molecule has 1 amide bonds. The van der Waals surface area contributed by atoms with Gasteiger partial charge in [-0.3, -0.25) is 4.79 Å². The van der Waals surface area contributed by atoms with E-state index in [9.17, 15) is 9.90 Å². The standard InChI is InChI=1S/C24H32BrN5O2/c1-15(2)26-13-19(17-4-6-18(25)7-5-17)24(32)30-10-8-29(9-11-30)23-21-16(3)12-20(31)22(21)27-14-28-23/h4-7,14-16,19-20,26,31H,8-13H2,1-3H3/t16-,19?,20-/m1/s1. The minimum atomic E-state index is -0.509. The van der Waals surface area contributed by atoms with Crippen LogP contribution in [0.2, 0.25) is 0 Å². The summed E-state index contributed by atoms with van der Waals surface area (Å²) in [5.74, 6) is 1.10. The Morgan fingerprint density at radius 3 is 2.53 bits per heavy atom. The van der Waals surface area contributed by atoms with Crippen LogP contribution in [0, 0.1) is 0 Å². The van der Waals surface area contributed by atoms with E-state index in [1.807, 2.05) is 29.2 Å². The Morgan fingerprint density at radius 1 is 1.19 bits per heavy atom. The predicted octanol–water partition coefficient (Wildman–Crippen LogP) is 3.21. The molecule has 2 heterocycles. The highest BCUT2D eigenvalue weighted by Crippen LogP contribution is 2.42. The summed E-state index contributed by atoms with van der Waals surface area (Å²) in [6.45, 7) is 9.69. The Hall–Kier alpha value is -2.03. The molecule has 1 unspecified atom stereocenters.